The predicted molar refractivity (Wildman–Crippen MR) is 67.5 cm³/mol. The van der Waals surface area contributed by atoms with Crippen molar-refractivity contribution in [1.29, 1.82) is 0 Å². The van der Waals surface area contributed by atoms with Gasteiger partial charge in [0.25, 0.3) is 0 Å². The Morgan fingerprint density at radius 2 is 2.19 bits per heavy atom. The SMILES string of the molecule is CC(CN)CNS(=O)(=O)c1cccc(Br)c1. The second kappa shape index (κ2) is 5.77. The zero-order valence-electron chi connectivity index (χ0n) is 8.98. The number of nitrogens with two attached hydrogens (primary N) is 1. The molecule has 0 saturated carbocycles. The van der Waals surface area contributed by atoms with Crippen LogP contribution in [0.3, 0.4) is 0 Å². The molecule has 0 heterocycles. The van der Waals surface area contributed by atoms with E-state index >= 15 is 0 Å². The van der Waals surface area contributed by atoms with Crippen LogP contribution in [-0.4, -0.2) is 21.5 Å². The Morgan fingerprint density at radius 3 is 2.75 bits per heavy atom. The second-order valence-corrected chi connectivity index (χ2v) is 6.33. The summed E-state index contributed by atoms with van der Waals surface area (Å²) in [4.78, 5) is 0.256. The summed E-state index contributed by atoms with van der Waals surface area (Å²) in [5.41, 5.74) is 5.42. The van der Waals surface area contributed by atoms with E-state index in [-0.39, 0.29) is 10.8 Å². The normalized spacial score (nSPS) is 13.7. The van der Waals surface area contributed by atoms with Gasteiger partial charge < -0.3 is 5.73 Å². The lowest BCUT2D eigenvalue weighted by molar-refractivity contribution is 0.545. The van der Waals surface area contributed by atoms with E-state index in [0.717, 1.165) is 4.47 Å². The molecule has 6 heteroatoms. The molecule has 0 aliphatic carbocycles. The molecular formula is C10H15BrN2O2S. The average Bonchev–Trinajstić information content (AvgIpc) is 2.26. The van der Waals surface area contributed by atoms with Crippen LogP contribution in [0.15, 0.2) is 33.6 Å². The van der Waals surface area contributed by atoms with Crippen molar-refractivity contribution in [1.82, 2.24) is 4.72 Å². The van der Waals surface area contributed by atoms with Gasteiger partial charge in [-0.3, -0.25) is 0 Å². The van der Waals surface area contributed by atoms with Gasteiger partial charge in [0.15, 0.2) is 0 Å². The summed E-state index contributed by atoms with van der Waals surface area (Å²) in [5, 5.41) is 0. The molecule has 1 atom stereocenters. The summed E-state index contributed by atoms with van der Waals surface area (Å²) in [7, 11) is -3.42. The van der Waals surface area contributed by atoms with Crippen molar-refractivity contribution >= 4 is 26.0 Å². The average molecular weight is 307 g/mol. The third-order valence-electron chi connectivity index (χ3n) is 2.13. The first-order valence-corrected chi connectivity index (χ1v) is 7.18. The minimum atomic E-state index is -3.42. The van der Waals surface area contributed by atoms with Gasteiger partial charge in [0.1, 0.15) is 0 Å². The number of hydrogen-bond donors (Lipinski definition) is 2. The molecule has 4 nitrogen and oxygen atoms in total. The van der Waals surface area contributed by atoms with Gasteiger partial charge in [-0.05, 0) is 30.7 Å². The van der Waals surface area contributed by atoms with E-state index in [9.17, 15) is 8.42 Å². The fourth-order valence-electron chi connectivity index (χ4n) is 1.05. The highest BCUT2D eigenvalue weighted by molar-refractivity contribution is 9.10. The van der Waals surface area contributed by atoms with Crippen LogP contribution in [0, 0.1) is 5.92 Å². The predicted octanol–water partition coefficient (Wildman–Crippen LogP) is 1.32. The first kappa shape index (κ1) is 13.6. The van der Waals surface area contributed by atoms with Crippen molar-refractivity contribution in [3.05, 3.63) is 28.7 Å². The van der Waals surface area contributed by atoms with Gasteiger partial charge in [0, 0.05) is 11.0 Å². The molecular weight excluding hydrogens is 292 g/mol. The summed E-state index contributed by atoms with van der Waals surface area (Å²) in [6, 6.07) is 6.59. The van der Waals surface area contributed by atoms with Gasteiger partial charge in [-0.1, -0.05) is 28.9 Å². The van der Waals surface area contributed by atoms with Gasteiger partial charge in [0.2, 0.25) is 10.0 Å². The van der Waals surface area contributed by atoms with Crippen molar-refractivity contribution in [3.63, 3.8) is 0 Å². The zero-order chi connectivity index (χ0) is 12.2. The Morgan fingerprint density at radius 1 is 1.50 bits per heavy atom. The lowest BCUT2D eigenvalue weighted by atomic mass is 10.2. The third kappa shape index (κ3) is 3.86. The Bertz CT molecular complexity index is 448. The summed E-state index contributed by atoms with van der Waals surface area (Å²) in [5.74, 6) is 0.127. The fourth-order valence-corrected chi connectivity index (χ4v) is 2.81. The Balaban J connectivity index is 2.78. The van der Waals surface area contributed by atoms with Crippen LogP contribution in [0.5, 0.6) is 0 Å². The van der Waals surface area contributed by atoms with Gasteiger partial charge in [-0.15, -0.1) is 0 Å². The number of benzene rings is 1. The van der Waals surface area contributed by atoms with E-state index in [1.807, 2.05) is 6.92 Å². The molecule has 0 bridgehead atoms. The topological polar surface area (TPSA) is 72.2 Å². The summed E-state index contributed by atoms with van der Waals surface area (Å²) in [6.45, 7) is 2.70. The monoisotopic (exact) mass is 306 g/mol. The lowest BCUT2D eigenvalue weighted by Crippen LogP contribution is -2.31. The van der Waals surface area contributed by atoms with E-state index in [2.05, 4.69) is 20.7 Å². The highest BCUT2D eigenvalue weighted by Gasteiger charge is 2.14. The van der Waals surface area contributed by atoms with Crippen LogP contribution in [0.2, 0.25) is 0 Å². The maximum Gasteiger partial charge on any atom is 0.240 e. The number of rotatable bonds is 5. The molecule has 0 aromatic heterocycles. The smallest absolute Gasteiger partial charge is 0.240 e. The van der Waals surface area contributed by atoms with E-state index in [1.165, 1.54) is 0 Å². The molecule has 0 aliphatic rings. The standard InChI is InChI=1S/C10H15BrN2O2S/c1-8(6-12)7-13-16(14,15)10-4-2-3-9(11)5-10/h2-5,8,13H,6-7,12H2,1H3. The Kier molecular flexibility index (Phi) is 4.91. The molecule has 90 valence electrons. The van der Waals surface area contributed by atoms with Crippen LogP contribution in [0.1, 0.15) is 6.92 Å². The van der Waals surface area contributed by atoms with Crippen molar-refractivity contribution in [2.24, 2.45) is 11.7 Å². The van der Waals surface area contributed by atoms with Crippen LogP contribution in [-0.2, 0) is 10.0 Å². The van der Waals surface area contributed by atoms with Gasteiger partial charge >= 0.3 is 0 Å². The van der Waals surface area contributed by atoms with E-state index in [1.54, 1.807) is 24.3 Å². The van der Waals surface area contributed by atoms with Crippen molar-refractivity contribution < 1.29 is 8.42 Å². The van der Waals surface area contributed by atoms with Crippen molar-refractivity contribution in [2.45, 2.75) is 11.8 Å². The largest absolute Gasteiger partial charge is 0.330 e. The van der Waals surface area contributed by atoms with Crippen molar-refractivity contribution in [3.8, 4) is 0 Å². The maximum absolute atomic E-state index is 11.8. The van der Waals surface area contributed by atoms with Gasteiger partial charge in [0.05, 0.1) is 4.90 Å². The number of sulfonamides is 1. The summed E-state index contributed by atoms with van der Waals surface area (Å²) >= 11 is 3.24. The Hall–Kier alpha value is -0.430. The lowest BCUT2D eigenvalue weighted by Gasteiger charge is -2.10. The van der Waals surface area contributed by atoms with E-state index < -0.39 is 10.0 Å². The summed E-state index contributed by atoms with van der Waals surface area (Å²) in [6.07, 6.45) is 0. The number of hydrogen-bond acceptors (Lipinski definition) is 3. The molecule has 0 radical (unpaired) electrons. The van der Waals surface area contributed by atoms with Crippen molar-refractivity contribution in [2.75, 3.05) is 13.1 Å². The molecule has 1 aromatic rings. The van der Waals surface area contributed by atoms with Crippen LogP contribution < -0.4 is 10.5 Å². The maximum atomic E-state index is 11.8. The fraction of sp³-hybridized carbons (Fsp3) is 0.400. The molecule has 0 saturated heterocycles. The van der Waals surface area contributed by atoms with Gasteiger partial charge in [-0.25, -0.2) is 13.1 Å². The minimum absolute atomic E-state index is 0.127. The Labute approximate surface area is 104 Å². The molecule has 16 heavy (non-hydrogen) atoms. The molecule has 0 aliphatic heterocycles. The van der Waals surface area contributed by atoms with Crippen LogP contribution >= 0.6 is 15.9 Å². The first-order chi connectivity index (χ1) is 7.45. The van der Waals surface area contributed by atoms with Crippen LogP contribution in [0.4, 0.5) is 0 Å². The quantitative estimate of drug-likeness (QED) is 0.862. The third-order valence-corrected chi connectivity index (χ3v) is 4.05. The van der Waals surface area contributed by atoms with E-state index in [0.29, 0.717) is 13.1 Å². The van der Waals surface area contributed by atoms with Gasteiger partial charge in [-0.2, -0.15) is 0 Å². The molecule has 0 fully saturated rings. The molecule has 0 spiro atoms. The molecule has 0 amide bonds. The number of halogens is 1. The first-order valence-electron chi connectivity index (χ1n) is 4.91. The zero-order valence-corrected chi connectivity index (χ0v) is 11.4. The van der Waals surface area contributed by atoms with Crippen LogP contribution in [0.25, 0.3) is 0 Å². The van der Waals surface area contributed by atoms with E-state index in [4.69, 9.17) is 5.73 Å². The molecule has 1 unspecified atom stereocenters. The molecule has 1 rings (SSSR count). The molecule has 3 N–H and O–H groups in total. The second-order valence-electron chi connectivity index (χ2n) is 3.65. The highest BCUT2D eigenvalue weighted by atomic mass is 79.9. The molecule has 1 aromatic carbocycles. The summed E-state index contributed by atoms with van der Waals surface area (Å²) < 4.78 is 26.9. The minimum Gasteiger partial charge on any atom is -0.330 e. The highest BCUT2D eigenvalue weighted by Crippen LogP contribution is 2.15. The number of nitrogens with one attached hydrogen (secondary N) is 1.